The fourth-order valence-corrected chi connectivity index (χ4v) is 4.52. The van der Waals surface area contributed by atoms with E-state index >= 15 is 0 Å². The van der Waals surface area contributed by atoms with Gasteiger partial charge in [-0.05, 0) is 36.8 Å². The second kappa shape index (κ2) is 9.18. The van der Waals surface area contributed by atoms with E-state index < -0.39 is 22.4 Å². The average Bonchev–Trinajstić information content (AvgIpc) is 2.65. The summed E-state index contributed by atoms with van der Waals surface area (Å²) in [4.78, 5) is 25.5. The third-order valence-corrected chi connectivity index (χ3v) is 6.01. The molecule has 1 unspecified atom stereocenters. The largest absolute Gasteiger partial charge is 0.465 e. The maximum absolute atomic E-state index is 12.3. The van der Waals surface area contributed by atoms with E-state index in [9.17, 15) is 9.59 Å². The number of esters is 2. The molecule has 132 valence electrons. The van der Waals surface area contributed by atoms with E-state index in [-0.39, 0.29) is 4.86 Å². The highest BCUT2D eigenvalue weighted by Crippen LogP contribution is 2.30. The van der Waals surface area contributed by atoms with Gasteiger partial charge in [-0.1, -0.05) is 48.0 Å². The first-order valence-corrected chi connectivity index (χ1v) is 9.31. The lowest BCUT2D eigenvalue weighted by Gasteiger charge is -2.15. The number of hydrogen-bond acceptors (Lipinski definition) is 4. The Morgan fingerprint density at radius 1 is 0.880 bits per heavy atom. The minimum Gasteiger partial charge on any atom is -0.465 e. The molecule has 0 radical (unpaired) electrons. The molecule has 1 atom stereocenters. The lowest BCUT2D eigenvalue weighted by Crippen LogP contribution is -2.27. The Morgan fingerprint density at radius 3 is 1.96 bits per heavy atom. The van der Waals surface area contributed by atoms with Crippen molar-refractivity contribution < 1.29 is 19.1 Å². The van der Waals surface area contributed by atoms with Crippen LogP contribution in [0.3, 0.4) is 0 Å². The predicted octanol–water partition coefficient (Wildman–Crippen LogP) is 3.38. The van der Waals surface area contributed by atoms with Crippen LogP contribution in [0.15, 0.2) is 59.5 Å². The molecular formula is C20H22O4S. The molecule has 0 amide bonds. The fraction of sp³-hybridized carbons (Fsp3) is 0.250. The summed E-state index contributed by atoms with van der Waals surface area (Å²) >= 11 is 0. The molecule has 4 nitrogen and oxygen atoms in total. The van der Waals surface area contributed by atoms with Crippen LogP contribution in [-0.2, 0) is 25.5 Å². The lowest BCUT2D eigenvalue weighted by molar-refractivity contribution is -0.137. The van der Waals surface area contributed by atoms with Gasteiger partial charge in [0.2, 0.25) is 0 Å². The summed E-state index contributed by atoms with van der Waals surface area (Å²) in [6.07, 6.45) is 0.745. The molecule has 0 aliphatic heterocycles. The van der Waals surface area contributed by atoms with Crippen molar-refractivity contribution in [1.82, 2.24) is 0 Å². The van der Waals surface area contributed by atoms with Crippen LogP contribution >= 0.6 is 10.5 Å². The van der Waals surface area contributed by atoms with E-state index in [0.29, 0.717) is 5.75 Å². The molecule has 5 heteroatoms. The van der Waals surface area contributed by atoms with Crippen molar-refractivity contribution in [3.63, 3.8) is 0 Å². The Hall–Kier alpha value is -2.40. The summed E-state index contributed by atoms with van der Waals surface area (Å²) in [5.41, 5.74) is 2.27. The first kappa shape index (κ1) is 18.9. The molecule has 0 N–H and O–H groups in total. The highest BCUT2D eigenvalue weighted by molar-refractivity contribution is 8.18. The molecule has 0 bridgehead atoms. The van der Waals surface area contributed by atoms with Crippen LogP contribution in [-0.4, -0.2) is 36.8 Å². The number of benzene rings is 2. The molecule has 2 aromatic rings. The highest BCUT2D eigenvalue weighted by Gasteiger charge is 2.25. The zero-order valence-corrected chi connectivity index (χ0v) is 15.5. The van der Waals surface area contributed by atoms with Gasteiger partial charge >= 0.3 is 11.9 Å². The topological polar surface area (TPSA) is 52.6 Å². The van der Waals surface area contributed by atoms with Crippen LogP contribution in [0.25, 0.3) is 0 Å². The molecule has 0 heterocycles. The van der Waals surface area contributed by atoms with Gasteiger partial charge in [0.15, 0.2) is 4.86 Å². The van der Waals surface area contributed by atoms with Gasteiger partial charge in [-0.15, -0.1) is 10.5 Å². The second-order valence-corrected chi connectivity index (χ2v) is 7.53. The number of carbonyl (C=O) groups is 2. The van der Waals surface area contributed by atoms with Crippen LogP contribution in [0.5, 0.6) is 0 Å². The van der Waals surface area contributed by atoms with E-state index in [2.05, 4.69) is 0 Å². The van der Waals surface area contributed by atoms with Gasteiger partial charge in [0.1, 0.15) is 0 Å². The molecule has 0 saturated carbocycles. The molecule has 2 rings (SSSR count). The maximum Gasteiger partial charge on any atom is 0.351 e. The van der Waals surface area contributed by atoms with Crippen LogP contribution in [0.2, 0.25) is 0 Å². The summed E-state index contributed by atoms with van der Waals surface area (Å²) < 4.78 is 9.69. The standard InChI is InChI=1S/C20H22O4S/c1-15-9-11-17(12-10-15)25(14-13-16-7-5-4-6-8-16)18(19(21)23-2)20(22)24-3/h4-12H,13-14H2,1-3H3. The van der Waals surface area contributed by atoms with E-state index in [1.165, 1.54) is 14.2 Å². The summed E-state index contributed by atoms with van der Waals surface area (Å²) in [5.74, 6) is -0.639. The van der Waals surface area contributed by atoms with E-state index in [4.69, 9.17) is 9.47 Å². The quantitative estimate of drug-likeness (QED) is 0.451. The van der Waals surface area contributed by atoms with Crippen molar-refractivity contribution in [3.8, 4) is 0 Å². The van der Waals surface area contributed by atoms with Gasteiger partial charge in [-0.25, -0.2) is 9.59 Å². The molecule has 0 aromatic heterocycles. The monoisotopic (exact) mass is 358 g/mol. The number of rotatable bonds is 6. The zero-order valence-electron chi connectivity index (χ0n) is 14.7. The van der Waals surface area contributed by atoms with Crippen LogP contribution in [0, 0.1) is 6.92 Å². The molecule has 0 spiro atoms. The van der Waals surface area contributed by atoms with Crippen molar-refractivity contribution in [1.29, 1.82) is 0 Å². The third-order valence-electron chi connectivity index (χ3n) is 3.73. The van der Waals surface area contributed by atoms with Crippen molar-refractivity contribution in [2.45, 2.75) is 18.2 Å². The Labute approximate surface area is 150 Å². The van der Waals surface area contributed by atoms with E-state index in [1.54, 1.807) is 0 Å². The molecule has 0 aliphatic rings. The molecule has 25 heavy (non-hydrogen) atoms. The average molecular weight is 358 g/mol. The summed E-state index contributed by atoms with van der Waals surface area (Å²) in [6, 6.07) is 17.8. The normalized spacial score (nSPS) is 11.5. The molecular weight excluding hydrogens is 336 g/mol. The van der Waals surface area contributed by atoms with Crippen LogP contribution < -0.4 is 0 Å². The van der Waals surface area contributed by atoms with Gasteiger partial charge in [0.05, 0.1) is 14.2 Å². The number of ether oxygens (including phenoxy) is 2. The number of carbonyl (C=O) groups excluding carboxylic acids is 2. The number of methoxy groups -OCH3 is 2. The first-order valence-electron chi connectivity index (χ1n) is 7.92. The van der Waals surface area contributed by atoms with Gasteiger partial charge in [-0.2, -0.15) is 0 Å². The number of aryl methyl sites for hydroxylation is 2. The van der Waals surface area contributed by atoms with Crippen molar-refractivity contribution in [2.24, 2.45) is 0 Å². The van der Waals surface area contributed by atoms with Gasteiger partial charge in [-0.3, -0.25) is 0 Å². The predicted molar refractivity (Wildman–Crippen MR) is 101 cm³/mol. The zero-order chi connectivity index (χ0) is 18.2. The van der Waals surface area contributed by atoms with Gasteiger partial charge < -0.3 is 9.47 Å². The molecule has 0 fully saturated rings. The van der Waals surface area contributed by atoms with E-state index in [1.807, 2.05) is 61.5 Å². The van der Waals surface area contributed by atoms with Crippen LogP contribution in [0.1, 0.15) is 11.1 Å². The highest BCUT2D eigenvalue weighted by atomic mass is 32.2. The smallest absolute Gasteiger partial charge is 0.351 e. The lowest BCUT2D eigenvalue weighted by atomic mass is 10.2. The van der Waals surface area contributed by atoms with Crippen molar-refractivity contribution >= 4 is 27.3 Å². The fourth-order valence-electron chi connectivity index (χ4n) is 2.37. The van der Waals surface area contributed by atoms with Gasteiger partial charge in [0, 0.05) is 4.90 Å². The Balaban J connectivity index is 2.48. The molecule has 0 aliphatic carbocycles. The van der Waals surface area contributed by atoms with Crippen molar-refractivity contribution in [3.05, 3.63) is 65.7 Å². The molecule has 2 aromatic carbocycles. The Kier molecular flexibility index (Phi) is 6.95. The molecule has 0 saturated heterocycles. The summed E-state index contributed by atoms with van der Waals surface area (Å²) in [7, 11) is 1.83. The summed E-state index contributed by atoms with van der Waals surface area (Å²) in [6.45, 7) is 2.00. The summed E-state index contributed by atoms with van der Waals surface area (Å²) in [5, 5.41) is 0. The number of hydrogen-bond donors (Lipinski definition) is 0. The Morgan fingerprint density at radius 2 is 1.44 bits per heavy atom. The maximum atomic E-state index is 12.3. The minimum atomic E-state index is -0.727. The minimum absolute atomic E-state index is 0.0600. The SMILES string of the molecule is COC(=O)C(C(=O)OC)=S(CCc1ccccc1)c1ccc(C)cc1. The third kappa shape index (κ3) is 5.03. The van der Waals surface area contributed by atoms with E-state index in [0.717, 1.165) is 22.4 Å². The van der Waals surface area contributed by atoms with Gasteiger partial charge in [0.25, 0.3) is 0 Å². The van der Waals surface area contributed by atoms with Crippen LogP contribution in [0.4, 0.5) is 0 Å². The second-order valence-electron chi connectivity index (χ2n) is 5.46. The van der Waals surface area contributed by atoms with Crippen molar-refractivity contribution in [2.75, 3.05) is 20.0 Å². The Bertz CT molecular complexity index is 746. The first-order chi connectivity index (χ1) is 12.1.